The normalized spacial score (nSPS) is 10.2. The highest BCUT2D eigenvalue weighted by molar-refractivity contribution is 9.09. The second kappa shape index (κ2) is 8.61. The van der Waals surface area contributed by atoms with Gasteiger partial charge in [-0.25, -0.2) is 0 Å². The maximum Gasteiger partial charge on any atom is 0.311 e. The molecule has 0 heterocycles. The van der Waals surface area contributed by atoms with Crippen LogP contribution in [0.1, 0.15) is 30.6 Å². The SMILES string of the molecule is CCOc1c(C(=O)N(CC)CCCBr)cccc1[N+](=O)[O-]. The van der Waals surface area contributed by atoms with Crippen molar-refractivity contribution in [2.24, 2.45) is 0 Å². The third-order valence-electron chi connectivity index (χ3n) is 2.94. The molecule has 0 saturated heterocycles. The van der Waals surface area contributed by atoms with Gasteiger partial charge in [0.15, 0.2) is 0 Å². The van der Waals surface area contributed by atoms with Crippen molar-refractivity contribution in [1.82, 2.24) is 4.90 Å². The van der Waals surface area contributed by atoms with Crippen molar-refractivity contribution >= 4 is 27.5 Å². The van der Waals surface area contributed by atoms with Gasteiger partial charge in [-0.2, -0.15) is 0 Å². The molecule has 0 fully saturated rings. The molecule has 0 radical (unpaired) electrons. The predicted octanol–water partition coefficient (Wildman–Crippen LogP) is 3.24. The van der Waals surface area contributed by atoms with E-state index in [1.165, 1.54) is 12.1 Å². The number of ether oxygens (including phenoxy) is 1. The number of nitrogens with zero attached hydrogens (tertiary/aromatic N) is 2. The summed E-state index contributed by atoms with van der Waals surface area (Å²) in [6.07, 6.45) is 0.818. The van der Waals surface area contributed by atoms with E-state index in [2.05, 4.69) is 15.9 Å². The molecule has 0 aliphatic carbocycles. The topological polar surface area (TPSA) is 72.7 Å². The second-order valence-corrected chi connectivity index (χ2v) is 5.06. The van der Waals surface area contributed by atoms with Crippen LogP contribution in [0.15, 0.2) is 18.2 Å². The van der Waals surface area contributed by atoms with Crippen molar-refractivity contribution in [2.75, 3.05) is 25.0 Å². The minimum atomic E-state index is -0.531. The molecular formula is C14H19BrN2O4. The van der Waals surface area contributed by atoms with Gasteiger partial charge >= 0.3 is 5.69 Å². The summed E-state index contributed by atoms with van der Waals surface area (Å²) in [4.78, 5) is 24.8. The zero-order valence-electron chi connectivity index (χ0n) is 12.2. The fourth-order valence-corrected chi connectivity index (χ4v) is 2.21. The first kappa shape index (κ1) is 17.4. The van der Waals surface area contributed by atoms with E-state index in [-0.39, 0.29) is 29.5 Å². The minimum Gasteiger partial charge on any atom is -0.487 e. The Bertz CT molecular complexity index is 508. The molecule has 0 saturated carbocycles. The molecule has 6 nitrogen and oxygen atoms in total. The summed E-state index contributed by atoms with van der Waals surface area (Å²) >= 11 is 3.33. The monoisotopic (exact) mass is 358 g/mol. The molecule has 0 aliphatic heterocycles. The average molecular weight is 359 g/mol. The highest BCUT2D eigenvalue weighted by Crippen LogP contribution is 2.31. The van der Waals surface area contributed by atoms with Crippen LogP contribution in [0.5, 0.6) is 5.75 Å². The maximum atomic E-state index is 12.6. The fourth-order valence-electron chi connectivity index (χ4n) is 1.96. The first-order valence-corrected chi connectivity index (χ1v) is 7.94. The van der Waals surface area contributed by atoms with Crippen LogP contribution < -0.4 is 4.74 Å². The van der Waals surface area contributed by atoms with Gasteiger partial charge in [0.25, 0.3) is 5.91 Å². The van der Waals surface area contributed by atoms with Crippen molar-refractivity contribution < 1.29 is 14.5 Å². The quantitative estimate of drug-likeness (QED) is 0.406. The van der Waals surface area contributed by atoms with E-state index in [0.717, 1.165) is 11.8 Å². The van der Waals surface area contributed by atoms with Gasteiger partial charge < -0.3 is 9.64 Å². The number of rotatable bonds is 8. The van der Waals surface area contributed by atoms with Gasteiger partial charge in [0.1, 0.15) is 0 Å². The number of halogens is 1. The fraction of sp³-hybridized carbons (Fsp3) is 0.500. The van der Waals surface area contributed by atoms with Gasteiger partial charge in [-0.1, -0.05) is 22.0 Å². The van der Waals surface area contributed by atoms with Crippen LogP contribution in [0.3, 0.4) is 0 Å². The Hall–Kier alpha value is -1.63. The Balaban J connectivity index is 3.18. The highest BCUT2D eigenvalue weighted by Gasteiger charge is 2.25. The molecule has 0 bridgehead atoms. The third-order valence-corrected chi connectivity index (χ3v) is 3.50. The molecule has 0 aliphatic rings. The van der Waals surface area contributed by atoms with E-state index in [0.29, 0.717) is 13.1 Å². The lowest BCUT2D eigenvalue weighted by molar-refractivity contribution is -0.385. The molecule has 116 valence electrons. The lowest BCUT2D eigenvalue weighted by atomic mass is 10.1. The average Bonchev–Trinajstić information content (AvgIpc) is 2.48. The molecule has 0 spiro atoms. The van der Waals surface area contributed by atoms with Crippen molar-refractivity contribution in [3.63, 3.8) is 0 Å². The molecule has 7 heteroatoms. The van der Waals surface area contributed by atoms with E-state index in [9.17, 15) is 14.9 Å². The number of benzene rings is 1. The molecule has 0 unspecified atom stereocenters. The molecule has 1 rings (SSSR count). The number of amides is 1. The summed E-state index contributed by atoms with van der Waals surface area (Å²) in [5.74, 6) is -0.196. The summed E-state index contributed by atoms with van der Waals surface area (Å²) < 4.78 is 5.35. The number of nitro groups is 1. The number of nitro benzene ring substituents is 1. The number of hydrogen-bond donors (Lipinski definition) is 0. The van der Waals surface area contributed by atoms with Gasteiger partial charge in [-0.05, 0) is 26.3 Å². The van der Waals surface area contributed by atoms with Crippen LogP contribution in [0.25, 0.3) is 0 Å². The van der Waals surface area contributed by atoms with Gasteiger partial charge in [0.2, 0.25) is 5.75 Å². The molecule has 1 aromatic carbocycles. The number of carbonyl (C=O) groups is 1. The zero-order valence-corrected chi connectivity index (χ0v) is 13.8. The smallest absolute Gasteiger partial charge is 0.311 e. The largest absolute Gasteiger partial charge is 0.487 e. The van der Waals surface area contributed by atoms with Crippen LogP contribution in [-0.2, 0) is 0 Å². The highest BCUT2D eigenvalue weighted by atomic mass is 79.9. The number of para-hydroxylation sites is 1. The summed E-state index contributed by atoms with van der Waals surface area (Å²) in [7, 11) is 0. The van der Waals surface area contributed by atoms with E-state index < -0.39 is 4.92 Å². The first-order chi connectivity index (χ1) is 10.1. The van der Waals surface area contributed by atoms with Gasteiger partial charge in [-0.15, -0.1) is 0 Å². The van der Waals surface area contributed by atoms with Gasteiger partial charge in [-0.3, -0.25) is 14.9 Å². The summed E-state index contributed by atoms with van der Waals surface area (Å²) in [6.45, 7) is 5.00. The Kier molecular flexibility index (Phi) is 7.14. The zero-order chi connectivity index (χ0) is 15.8. The van der Waals surface area contributed by atoms with Crippen LogP contribution in [0, 0.1) is 10.1 Å². The lowest BCUT2D eigenvalue weighted by Crippen LogP contribution is -2.32. The minimum absolute atomic E-state index is 0.0484. The first-order valence-electron chi connectivity index (χ1n) is 6.82. The van der Waals surface area contributed by atoms with Crippen molar-refractivity contribution in [3.05, 3.63) is 33.9 Å². The van der Waals surface area contributed by atoms with E-state index in [1.807, 2.05) is 6.92 Å². The van der Waals surface area contributed by atoms with Crippen LogP contribution in [0.2, 0.25) is 0 Å². The maximum absolute atomic E-state index is 12.6. The Morgan fingerprint density at radius 1 is 1.43 bits per heavy atom. The summed E-state index contributed by atoms with van der Waals surface area (Å²) in [6, 6.07) is 4.42. The Morgan fingerprint density at radius 2 is 2.14 bits per heavy atom. The number of carbonyl (C=O) groups excluding carboxylic acids is 1. The summed E-state index contributed by atoms with van der Waals surface area (Å²) in [5.41, 5.74) is 0.0571. The standard InChI is InChI=1S/C14H19BrN2O4/c1-3-16(10-6-9-15)14(18)11-7-5-8-12(17(19)20)13(11)21-4-2/h5,7-8H,3-4,6,9-10H2,1-2H3. The molecule has 1 aromatic rings. The molecule has 0 N–H and O–H groups in total. The molecule has 1 amide bonds. The van der Waals surface area contributed by atoms with Crippen LogP contribution in [0.4, 0.5) is 5.69 Å². The number of hydrogen-bond acceptors (Lipinski definition) is 4. The Morgan fingerprint density at radius 3 is 2.67 bits per heavy atom. The number of alkyl halides is 1. The van der Waals surface area contributed by atoms with Crippen molar-refractivity contribution in [3.8, 4) is 5.75 Å². The lowest BCUT2D eigenvalue weighted by Gasteiger charge is -2.21. The second-order valence-electron chi connectivity index (χ2n) is 4.27. The van der Waals surface area contributed by atoms with Crippen molar-refractivity contribution in [1.29, 1.82) is 0 Å². The molecule has 0 atom stereocenters. The van der Waals surface area contributed by atoms with Gasteiger partial charge in [0, 0.05) is 24.5 Å². The van der Waals surface area contributed by atoms with Crippen molar-refractivity contribution in [2.45, 2.75) is 20.3 Å². The van der Waals surface area contributed by atoms with E-state index >= 15 is 0 Å². The molecule has 0 aromatic heterocycles. The Labute approximate surface area is 132 Å². The van der Waals surface area contributed by atoms with E-state index in [4.69, 9.17) is 4.74 Å². The van der Waals surface area contributed by atoms with Gasteiger partial charge in [0.05, 0.1) is 17.1 Å². The van der Waals surface area contributed by atoms with Crippen LogP contribution >= 0.6 is 15.9 Å². The third kappa shape index (κ3) is 4.42. The molecule has 21 heavy (non-hydrogen) atoms. The van der Waals surface area contributed by atoms with E-state index in [1.54, 1.807) is 17.9 Å². The summed E-state index contributed by atoms with van der Waals surface area (Å²) in [5, 5.41) is 11.9. The van der Waals surface area contributed by atoms with Crippen LogP contribution in [-0.4, -0.2) is 40.8 Å². The predicted molar refractivity (Wildman–Crippen MR) is 84.3 cm³/mol. The molecular weight excluding hydrogens is 340 g/mol.